The smallest absolute Gasteiger partial charge is 0.338 e. The first-order valence-corrected chi connectivity index (χ1v) is 6.82. The van der Waals surface area contributed by atoms with Crippen LogP contribution in [0.5, 0.6) is 0 Å². The second kappa shape index (κ2) is 7.37. The Labute approximate surface area is 117 Å². The van der Waals surface area contributed by atoms with E-state index in [9.17, 15) is 4.79 Å². The minimum atomic E-state index is -0.291. The molecule has 20 heavy (non-hydrogen) atoms. The van der Waals surface area contributed by atoms with Crippen molar-refractivity contribution >= 4 is 5.97 Å². The van der Waals surface area contributed by atoms with Crippen LogP contribution in [0.4, 0.5) is 0 Å². The van der Waals surface area contributed by atoms with Crippen LogP contribution in [0.15, 0.2) is 24.3 Å². The average Bonchev–Trinajstić information content (AvgIpc) is 3.01. The van der Waals surface area contributed by atoms with E-state index in [2.05, 4.69) is 27.5 Å². The zero-order chi connectivity index (χ0) is 14.2. The molecule has 2 aromatic rings. The summed E-state index contributed by atoms with van der Waals surface area (Å²) in [6.07, 6.45) is 4.36. The number of carbonyl (C=O) groups is 1. The fourth-order valence-electron chi connectivity index (χ4n) is 1.82. The maximum atomic E-state index is 11.8. The Bertz CT molecular complexity index is 523. The van der Waals surface area contributed by atoms with Gasteiger partial charge in [-0.05, 0) is 23.8 Å². The number of rotatable bonds is 7. The molecule has 0 amide bonds. The van der Waals surface area contributed by atoms with E-state index in [4.69, 9.17) is 4.74 Å². The van der Waals surface area contributed by atoms with Crippen LogP contribution in [0.1, 0.15) is 43.0 Å². The van der Waals surface area contributed by atoms with Gasteiger partial charge in [0.15, 0.2) is 0 Å². The lowest BCUT2D eigenvalue weighted by molar-refractivity contribution is 0.0498. The highest BCUT2D eigenvalue weighted by Gasteiger charge is 2.08. The molecule has 1 N–H and O–H groups in total. The standard InChI is InChI=1S/C14H18N4O2/c1-2-3-4-5-10-20-14(19)12-8-6-11(7-9-12)13-15-17-18-16-13/h6-9H,2-5,10H2,1H3,(H,15,16,17,18). The van der Waals surface area contributed by atoms with Crippen LogP contribution in [0.2, 0.25) is 0 Å². The van der Waals surface area contributed by atoms with Crippen molar-refractivity contribution in [1.82, 2.24) is 20.6 Å². The minimum absolute atomic E-state index is 0.291. The average molecular weight is 274 g/mol. The van der Waals surface area contributed by atoms with E-state index in [1.54, 1.807) is 24.3 Å². The molecule has 0 aliphatic carbocycles. The van der Waals surface area contributed by atoms with E-state index < -0.39 is 0 Å². The summed E-state index contributed by atoms with van der Waals surface area (Å²) in [7, 11) is 0. The molecule has 0 saturated carbocycles. The summed E-state index contributed by atoms with van der Waals surface area (Å²) in [5.74, 6) is 0.214. The number of aromatic amines is 1. The molecule has 0 fully saturated rings. The second-order valence-electron chi connectivity index (χ2n) is 4.51. The van der Waals surface area contributed by atoms with Crippen molar-refractivity contribution in [2.24, 2.45) is 0 Å². The maximum absolute atomic E-state index is 11.8. The Morgan fingerprint density at radius 1 is 1.20 bits per heavy atom. The van der Waals surface area contributed by atoms with Crippen LogP contribution >= 0.6 is 0 Å². The molecule has 2 rings (SSSR count). The number of hydrogen-bond acceptors (Lipinski definition) is 5. The second-order valence-corrected chi connectivity index (χ2v) is 4.51. The van der Waals surface area contributed by atoms with E-state index in [-0.39, 0.29) is 5.97 Å². The Kier molecular flexibility index (Phi) is 5.23. The van der Waals surface area contributed by atoms with Crippen LogP contribution in [0.3, 0.4) is 0 Å². The molecular formula is C14H18N4O2. The summed E-state index contributed by atoms with van der Waals surface area (Å²) >= 11 is 0. The van der Waals surface area contributed by atoms with E-state index in [1.165, 1.54) is 12.8 Å². The molecule has 0 bridgehead atoms. The number of tetrazole rings is 1. The largest absolute Gasteiger partial charge is 0.462 e. The first kappa shape index (κ1) is 14.2. The number of aromatic nitrogens is 4. The summed E-state index contributed by atoms with van der Waals surface area (Å²) in [6.45, 7) is 2.63. The zero-order valence-electron chi connectivity index (χ0n) is 11.5. The summed E-state index contributed by atoms with van der Waals surface area (Å²) in [6, 6.07) is 6.97. The summed E-state index contributed by atoms with van der Waals surface area (Å²) in [5, 5.41) is 13.6. The fourth-order valence-corrected chi connectivity index (χ4v) is 1.82. The molecule has 6 nitrogen and oxygen atoms in total. The third-order valence-corrected chi connectivity index (χ3v) is 2.96. The van der Waals surface area contributed by atoms with Crippen molar-refractivity contribution < 1.29 is 9.53 Å². The Balaban J connectivity index is 1.85. The van der Waals surface area contributed by atoms with Gasteiger partial charge in [-0.3, -0.25) is 0 Å². The molecule has 0 aliphatic rings. The summed E-state index contributed by atoms with van der Waals surface area (Å²) < 4.78 is 5.22. The van der Waals surface area contributed by atoms with Gasteiger partial charge in [-0.25, -0.2) is 4.79 Å². The number of nitrogens with one attached hydrogen (secondary N) is 1. The number of unbranched alkanes of at least 4 members (excludes halogenated alkanes) is 3. The predicted octanol–water partition coefficient (Wildman–Crippen LogP) is 2.60. The van der Waals surface area contributed by atoms with E-state index in [0.29, 0.717) is 18.0 Å². The Hall–Kier alpha value is -2.24. The first-order valence-electron chi connectivity index (χ1n) is 6.82. The van der Waals surface area contributed by atoms with Crippen molar-refractivity contribution in [3.8, 4) is 11.4 Å². The van der Waals surface area contributed by atoms with Crippen molar-refractivity contribution in [3.05, 3.63) is 29.8 Å². The van der Waals surface area contributed by atoms with Gasteiger partial charge in [0.05, 0.1) is 12.2 Å². The number of ether oxygens (including phenoxy) is 1. The molecule has 0 saturated heterocycles. The normalized spacial score (nSPS) is 10.4. The minimum Gasteiger partial charge on any atom is -0.462 e. The quantitative estimate of drug-likeness (QED) is 0.620. The van der Waals surface area contributed by atoms with Gasteiger partial charge in [-0.1, -0.05) is 38.3 Å². The van der Waals surface area contributed by atoms with E-state index in [0.717, 1.165) is 18.4 Å². The van der Waals surface area contributed by atoms with Gasteiger partial charge in [-0.2, -0.15) is 5.21 Å². The van der Waals surface area contributed by atoms with Gasteiger partial charge < -0.3 is 4.74 Å². The van der Waals surface area contributed by atoms with E-state index >= 15 is 0 Å². The van der Waals surface area contributed by atoms with Crippen LogP contribution in [-0.4, -0.2) is 33.2 Å². The molecule has 0 atom stereocenters. The van der Waals surface area contributed by atoms with Gasteiger partial charge in [0.25, 0.3) is 0 Å². The van der Waals surface area contributed by atoms with Crippen molar-refractivity contribution in [3.63, 3.8) is 0 Å². The summed E-state index contributed by atoms with van der Waals surface area (Å²) in [4.78, 5) is 11.8. The SMILES string of the molecule is CCCCCCOC(=O)c1ccc(-c2nn[nH]n2)cc1. The highest BCUT2D eigenvalue weighted by atomic mass is 16.5. The third kappa shape index (κ3) is 3.88. The maximum Gasteiger partial charge on any atom is 0.338 e. The number of esters is 1. The highest BCUT2D eigenvalue weighted by molar-refractivity contribution is 5.89. The lowest BCUT2D eigenvalue weighted by Crippen LogP contribution is -2.06. The van der Waals surface area contributed by atoms with Crippen molar-refractivity contribution in [2.45, 2.75) is 32.6 Å². The van der Waals surface area contributed by atoms with Gasteiger partial charge in [0, 0.05) is 5.56 Å². The highest BCUT2D eigenvalue weighted by Crippen LogP contribution is 2.14. The number of nitrogens with zero attached hydrogens (tertiary/aromatic N) is 3. The molecule has 1 aromatic heterocycles. The molecule has 1 aromatic carbocycles. The number of H-pyrrole nitrogens is 1. The fraction of sp³-hybridized carbons (Fsp3) is 0.429. The third-order valence-electron chi connectivity index (χ3n) is 2.96. The van der Waals surface area contributed by atoms with Crippen LogP contribution in [0, 0.1) is 0 Å². The number of hydrogen-bond donors (Lipinski definition) is 1. The van der Waals surface area contributed by atoms with Gasteiger partial charge in [-0.15, -0.1) is 10.2 Å². The molecule has 6 heteroatoms. The Morgan fingerprint density at radius 2 is 2.00 bits per heavy atom. The van der Waals surface area contributed by atoms with Gasteiger partial charge in [0.1, 0.15) is 0 Å². The van der Waals surface area contributed by atoms with Crippen LogP contribution in [0.25, 0.3) is 11.4 Å². The molecule has 0 spiro atoms. The van der Waals surface area contributed by atoms with E-state index in [1.807, 2.05) is 0 Å². The molecule has 0 unspecified atom stereocenters. The molecule has 106 valence electrons. The lowest BCUT2D eigenvalue weighted by atomic mass is 10.1. The van der Waals surface area contributed by atoms with Crippen molar-refractivity contribution in [1.29, 1.82) is 0 Å². The Morgan fingerprint density at radius 3 is 2.65 bits per heavy atom. The van der Waals surface area contributed by atoms with Crippen LogP contribution in [-0.2, 0) is 4.74 Å². The number of benzene rings is 1. The number of carbonyl (C=O) groups excluding carboxylic acids is 1. The lowest BCUT2D eigenvalue weighted by Gasteiger charge is -2.04. The monoisotopic (exact) mass is 274 g/mol. The van der Waals surface area contributed by atoms with Gasteiger partial charge >= 0.3 is 5.97 Å². The first-order chi connectivity index (χ1) is 9.81. The zero-order valence-corrected chi connectivity index (χ0v) is 11.5. The molecule has 1 heterocycles. The van der Waals surface area contributed by atoms with Crippen molar-refractivity contribution in [2.75, 3.05) is 6.61 Å². The van der Waals surface area contributed by atoms with Crippen LogP contribution < -0.4 is 0 Å². The topological polar surface area (TPSA) is 80.8 Å². The van der Waals surface area contributed by atoms with Gasteiger partial charge in [0.2, 0.25) is 5.82 Å². The molecule has 0 radical (unpaired) electrons. The summed E-state index contributed by atoms with van der Waals surface area (Å²) in [5.41, 5.74) is 1.34. The molecular weight excluding hydrogens is 256 g/mol. The predicted molar refractivity (Wildman–Crippen MR) is 74.0 cm³/mol. The molecule has 0 aliphatic heterocycles.